The van der Waals surface area contributed by atoms with E-state index in [1.54, 1.807) is 10.9 Å². The van der Waals surface area contributed by atoms with Gasteiger partial charge in [0.05, 0.1) is 11.9 Å². The number of benzene rings is 2. The van der Waals surface area contributed by atoms with Crippen molar-refractivity contribution in [1.82, 2.24) is 15.1 Å². The van der Waals surface area contributed by atoms with Crippen LogP contribution in [0, 0.1) is 0 Å². The van der Waals surface area contributed by atoms with Crippen molar-refractivity contribution < 1.29 is 9.53 Å². The first-order chi connectivity index (χ1) is 11.8. The van der Waals surface area contributed by atoms with Crippen molar-refractivity contribution in [3.05, 3.63) is 71.9 Å². The number of carbonyl (C=O) groups is 1. The predicted molar refractivity (Wildman–Crippen MR) is 90.3 cm³/mol. The maximum Gasteiger partial charge on any atom is 0.242 e. The first-order valence-corrected chi connectivity index (χ1v) is 7.89. The zero-order chi connectivity index (χ0) is 16.4. The lowest BCUT2D eigenvalue weighted by molar-refractivity contribution is -0.122. The average Bonchev–Trinajstić information content (AvgIpc) is 3.04. The topological polar surface area (TPSA) is 56.2 Å². The quantitative estimate of drug-likeness (QED) is 0.804. The fraction of sp³-hybridized carbons (Fsp3) is 0.158. The molecule has 5 heteroatoms. The molecule has 0 aliphatic carbocycles. The summed E-state index contributed by atoms with van der Waals surface area (Å²) in [5.41, 5.74) is 4.02. The van der Waals surface area contributed by atoms with Crippen LogP contribution in [-0.2, 0) is 24.5 Å². The molecule has 4 rings (SSSR count). The van der Waals surface area contributed by atoms with Crippen molar-refractivity contribution >= 4 is 5.91 Å². The van der Waals surface area contributed by atoms with E-state index in [4.69, 9.17) is 4.74 Å². The van der Waals surface area contributed by atoms with Gasteiger partial charge in [-0.1, -0.05) is 42.5 Å². The van der Waals surface area contributed by atoms with Gasteiger partial charge in [-0.2, -0.15) is 5.10 Å². The highest BCUT2D eigenvalue weighted by molar-refractivity contribution is 5.78. The number of amides is 1. The molecule has 1 N–H and O–H groups in total. The van der Waals surface area contributed by atoms with Gasteiger partial charge in [0.2, 0.25) is 5.91 Å². The average molecular weight is 319 g/mol. The number of nitrogens with one attached hydrogen (secondary N) is 1. The van der Waals surface area contributed by atoms with E-state index in [1.807, 2.05) is 54.6 Å². The van der Waals surface area contributed by atoms with E-state index in [2.05, 4.69) is 10.4 Å². The molecule has 0 saturated carbocycles. The molecule has 5 nitrogen and oxygen atoms in total. The lowest BCUT2D eigenvalue weighted by atomic mass is 10.0. The van der Waals surface area contributed by atoms with Crippen LogP contribution in [0.5, 0.6) is 5.75 Å². The monoisotopic (exact) mass is 319 g/mol. The second-order valence-corrected chi connectivity index (χ2v) is 5.72. The Labute approximate surface area is 139 Å². The van der Waals surface area contributed by atoms with Crippen molar-refractivity contribution in [1.29, 1.82) is 0 Å². The van der Waals surface area contributed by atoms with Gasteiger partial charge in [-0.25, -0.2) is 0 Å². The van der Waals surface area contributed by atoms with Crippen molar-refractivity contribution in [3.63, 3.8) is 0 Å². The standard InChI is InChI=1S/C19H17N3O2/c23-18(20-10-14-6-2-1-3-7-14)12-22-19-15(11-21-22)13-24-17-9-5-4-8-16(17)19/h1-9,11H,10,12-13H2,(H,20,23). The van der Waals surface area contributed by atoms with Crippen LogP contribution in [-0.4, -0.2) is 15.7 Å². The van der Waals surface area contributed by atoms with E-state index in [9.17, 15) is 4.79 Å². The van der Waals surface area contributed by atoms with Gasteiger partial charge in [0.25, 0.3) is 0 Å². The molecule has 1 aliphatic heterocycles. The van der Waals surface area contributed by atoms with Gasteiger partial charge in [0, 0.05) is 17.7 Å². The zero-order valence-corrected chi connectivity index (χ0v) is 13.1. The molecule has 0 saturated heterocycles. The van der Waals surface area contributed by atoms with Crippen LogP contribution < -0.4 is 10.1 Å². The van der Waals surface area contributed by atoms with Gasteiger partial charge >= 0.3 is 0 Å². The third-order valence-electron chi connectivity index (χ3n) is 4.07. The number of aromatic nitrogens is 2. The molecule has 1 aliphatic rings. The molecule has 1 amide bonds. The summed E-state index contributed by atoms with van der Waals surface area (Å²) in [5.74, 6) is 0.769. The Kier molecular flexibility index (Phi) is 3.75. The van der Waals surface area contributed by atoms with Crippen LogP contribution in [0.2, 0.25) is 0 Å². The van der Waals surface area contributed by atoms with Crippen LogP contribution in [0.3, 0.4) is 0 Å². The largest absolute Gasteiger partial charge is 0.488 e. The van der Waals surface area contributed by atoms with Gasteiger partial charge < -0.3 is 10.1 Å². The minimum atomic E-state index is -0.0614. The second-order valence-electron chi connectivity index (χ2n) is 5.72. The summed E-state index contributed by atoms with van der Waals surface area (Å²) in [6.45, 7) is 1.19. The summed E-state index contributed by atoms with van der Waals surface area (Å²) < 4.78 is 7.47. The molecule has 0 spiro atoms. The highest BCUT2D eigenvalue weighted by Gasteiger charge is 2.22. The van der Waals surface area contributed by atoms with E-state index >= 15 is 0 Å². The maximum atomic E-state index is 12.3. The van der Waals surface area contributed by atoms with E-state index in [0.29, 0.717) is 13.2 Å². The SMILES string of the molecule is O=C(Cn1ncc2c1-c1ccccc1OC2)NCc1ccccc1. The van der Waals surface area contributed by atoms with Crippen LogP contribution in [0.25, 0.3) is 11.3 Å². The minimum absolute atomic E-state index is 0.0614. The number of nitrogens with zero attached hydrogens (tertiary/aromatic N) is 2. The minimum Gasteiger partial charge on any atom is -0.488 e. The van der Waals surface area contributed by atoms with Gasteiger partial charge in [0.1, 0.15) is 18.9 Å². The number of carbonyl (C=O) groups excluding carboxylic acids is 1. The molecule has 3 aromatic rings. The summed E-state index contributed by atoms with van der Waals surface area (Å²) >= 11 is 0. The molecule has 0 bridgehead atoms. The lowest BCUT2D eigenvalue weighted by Crippen LogP contribution is -2.28. The molecule has 2 heterocycles. The Morgan fingerprint density at radius 2 is 1.92 bits per heavy atom. The first-order valence-electron chi connectivity index (χ1n) is 7.89. The normalized spacial score (nSPS) is 12.0. The van der Waals surface area contributed by atoms with E-state index in [0.717, 1.165) is 28.1 Å². The number of fused-ring (bicyclic) bond motifs is 3. The Bertz CT molecular complexity index is 871. The Morgan fingerprint density at radius 3 is 2.79 bits per heavy atom. The number of hydrogen-bond acceptors (Lipinski definition) is 3. The Morgan fingerprint density at radius 1 is 1.12 bits per heavy atom. The fourth-order valence-corrected chi connectivity index (χ4v) is 2.89. The fourth-order valence-electron chi connectivity index (χ4n) is 2.89. The Balaban J connectivity index is 1.51. The molecule has 1 aromatic heterocycles. The number of para-hydroxylation sites is 1. The second kappa shape index (κ2) is 6.20. The highest BCUT2D eigenvalue weighted by atomic mass is 16.5. The van der Waals surface area contributed by atoms with Crippen molar-refractivity contribution in [2.75, 3.05) is 0 Å². The third kappa shape index (κ3) is 2.76. The molecule has 0 atom stereocenters. The summed E-state index contributed by atoms with van der Waals surface area (Å²) in [5, 5.41) is 7.30. The van der Waals surface area contributed by atoms with Crippen molar-refractivity contribution in [3.8, 4) is 17.0 Å². The molecule has 0 unspecified atom stereocenters. The summed E-state index contributed by atoms with van der Waals surface area (Å²) in [7, 11) is 0. The summed E-state index contributed by atoms with van der Waals surface area (Å²) in [6, 6.07) is 17.7. The van der Waals surface area contributed by atoms with Gasteiger partial charge in [-0.15, -0.1) is 0 Å². The third-order valence-corrected chi connectivity index (χ3v) is 4.07. The van der Waals surface area contributed by atoms with Crippen LogP contribution >= 0.6 is 0 Å². The van der Waals surface area contributed by atoms with E-state index in [1.165, 1.54) is 0 Å². The number of hydrogen-bond donors (Lipinski definition) is 1. The highest BCUT2D eigenvalue weighted by Crippen LogP contribution is 2.36. The smallest absolute Gasteiger partial charge is 0.242 e. The van der Waals surface area contributed by atoms with Gasteiger partial charge in [-0.05, 0) is 17.7 Å². The summed E-state index contributed by atoms with van der Waals surface area (Å²) in [4.78, 5) is 12.3. The Hall–Kier alpha value is -3.08. The molecule has 0 fully saturated rings. The first kappa shape index (κ1) is 14.5. The van der Waals surface area contributed by atoms with Crippen LogP contribution in [0.4, 0.5) is 0 Å². The predicted octanol–water partition coefficient (Wildman–Crippen LogP) is 2.76. The van der Waals surface area contributed by atoms with Crippen LogP contribution in [0.15, 0.2) is 60.8 Å². The summed E-state index contributed by atoms with van der Waals surface area (Å²) in [6.07, 6.45) is 1.77. The maximum absolute atomic E-state index is 12.3. The zero-order valence-electron chi connectivity index (χ0n) is 13.1. The molecule has 24 heavy (non-hydrogen) atoms. The molecular weight excluding hydrogens is 302 g/mol. The van der Waals surface area contributed by atoms with Gasteiger partial charge in [0.15, 0.2) is 0 Å². The van der Waals surface area contributed by atoms with Crippen molar-refractivity contribution in [2.45, 2.75) is 19.7 Å². The molecule has 120 valence electrons. The van der Waals surface area contributed by atoms with Crippen LogP contribution in [0.1, 0.15) is 11.1 Å². The lowest BCUT2D eigenvalue weighted by Gasteiger charge is -2.19. The number of ether oxygens (including phenoxy) is 1. The van der Waals surface area contributed by atoms with E-state index < -0.39 is 0 Å². The molecule has 0 radical (unpaired) electrons. The van der Waals surface area contributed by atoms with Gasteiger partial charge in [-0.3, -0.25) is 9.48 Å². The number of rotatable bonds is 4. The molecular formula is C19H17N3O2. The van der Waals surface area contributed by atoms with Crippen molar-refractivity contribution in [2.24, 2.45) is 0 Å². The molecule has 2 aromatic carbocycles. The van der Waals surface area contributed by atoms with E-state index in [-0.39, 0.29) is 12.5 Å².